The van der Waals surface area contributed by atoms with Gasteiger partial charge in [0.15, 0.2) is 6.61 Å². The van der Waals surface area contributed by atoms with E-state index in [0.29, 0.717) is 29.4 Å². The second-order valence-electron chi connectivity index (χ2n) is 6.33. The van der Waals surface area contributed by atoms with Crippen molar-refractivity contribution >= 4 is 33.4 Å². The summed E-state index contributed by atoms with van der Waals surface area (Å²) < 4.78 is 6.43. The number of piperazine rings is 1. The van der Waals surface area contributed by atoms with Gasteiger partial charge in [-0.2, -0.15) is 5.26 Å². The summed E-state index contributed by atoms with van der Waals surface area (Å²) in [6.45, 7) is 3.77. The van der Waals surface area contributed by atoms with E-state index in [-0.39, 0.29) is 12.5 Å². The van der Waals surface area contributed by atoms with Crippen LogP contribution in [0.5, 0.6) is 5.75 Å². The molecule has 1 saturated heterocycles. The number of halogens is 2. The third kappa shape index (κ3) is 5.46. The van der Waals surface area contributed by atoms with Crippen molar-refractivity contribution in [3.8, 4) is 11.8 Å². The third-order valence-corrected chi connectivity index (χ3v) is 5.25. The van der Waals surface area contributed by atoms with Crippen LogP contribution in [-0.4, -0.2) is 48.5 Å². The van der Waals surface area contributed by atoms with E-state index < -0.39 is 0 Å². The van der Waals surface area contributed by atoms with Crippen molar-refractivity contribution in [1.82, 2.24) is 9.80 Å². The summed E-state index contributed by atoms with van der Waals surface area (Å²) in [5.74, 6) is 0.472. The Balaban J connectivity index is 1.45. The molecule has 1 fully saturated rings. The minimum absolute atomic E-state index is 0.0169. The SMILES string of the molecule is N#Cc1ccc(CN2CCN(C(=O)COc3ccc(Br)cc3Cl)CC2)cc1. The lowest BCUT2D eigenvalue weighted by Gasteiger charge is -2.34. The van der Waals surface area contributed by atoms with Crippen molar-refractivity contribution in [3.63, 3.8) is 0 Å². The molecule has 3 rings (SSSR count). The lowest BCUT2D eigenvalue weighted by molar-refractivity contribution is -0.135. The summed E-state index contributed by atoms with van der Waals surface area (Å²) >= 11 is 9.45. The molecule has 2 aromatic carbocycles. The lowest BCUT2D eigenvalue weighted by Crippen LogP contribution is -2.49. The van der Waals surface area contributed by atoms with Crippen LogP contribution >= 0.6 is 27.5 Å². The van der Waals surface area contributed by atoms with E-state index in [4.69, 9.17) is 21.6 Å². The van der Waals surface area contributed by atoms with Crippen LogP contribution < -0.4 is 4.74 Å². The predicted octanol–water partition coefficient (Wildman–Crippen LogP) is 3.70. The molecule has 0 saturated carbocycles. The molecule has 0 spiro atoms. The maximum absolute atomic E-state index is 12.4. The molecule has 0 radical (unpaired) electrons. The molecule has 2 aromatic rings. The molecular formula is C20H19BrClN3O2. The van der Waals surface area contributed by atoms with Crippen LogP contribution in [0.3, 0.4) is 0 Å². The van der Waals surface area contributed by atoms with Crippen LogP contribution in [0.15, 0.2) is 46.9 Å². The van der Waals surface area contributed by atoms with Crippen molar-refractivity contribution in [3.05, 3.63) is 63.1 Å². The van der Waals surface area contributed by atoms with Crippen molar-refractivity contribution in [2.24, 2.45) is 0 Å². The first-order chi connectivity index (χ1) is 13.0. The summed E-state index contributed by atoms with van der Waals surface area (Å²) in [7, 11) is 0. The number of rotatable bonds is 5. The molecule has 27 heavy (non-hydrogen) atoms. The highest BCUT2D eigenvalue weighted by Crippen LogP contribution is 2.27. The normalized spacial score (nSPS) is 14.6. The average Bonchev–Trinajstić information content (AvgIpc) is 2.68. The number of carbonyl (C=O) groups is 1. The van der Waals surface area contributed by atoms with E-state index in [1.165, 1.54) is 5.56 Å². The number of nitrogens with zero attached hydrogens (tertiary/aromatic N) is 3. The smallest absolute Gasteiger partial charge is 0.260 e. The van der Waals surface area contributed by atoms with Crippen LogP contribution in [0, 0.1) is 11.3 Å². The molecule has 1 heterocycles. The van der Waals surface area contributed by atoms with Gasteiger partial charge in [-0.15, -0.1) is 0 Å². The van der Waals surface area contributed by atoms with Crippen molar-refractivity contribution in [1.29, 1.82) is 5.26 Å². The fourth-order valence-corrected chi connectivity index (χ4v) is 3.65. The first-order valence-corrected chi connectivity index (χ1v) is 9.79. The highest BCUT2D eigenvalue weighted by molar-refractivity contribution is 9.10. The van der Waals surface area contributed by atoms with E-state index in [1.807, 2.05) is 35.2 Å². The van der Waals surface area contributed by atoms with Gasteiger partial charge in [-0.25, -0.2) is 0 Å². The molecule has 5 nitrogen and oxygen atoms in total. The second kappa shape index (κ2) is 9.23. The zero-order chi connectivity index (χ0) is 19.2. The van der Waals surface area contributed by atoms with Gasteiger partial charge < -0.3 is 9.64 Å². The minimum atomic E-state index is -0.0352. The number of amides is 1. The molecule has 0 bridgehead atoms. The molecule has 0 unspecified atom stereocenters. The van der Waals surface area contributed by atoms with Crippen LogP contribution in [0.4, 0.5) is 0 Å². The van der Waals surface area contributed by atoms with E-state index >= 15 is 0 Å². The van der Waals surface area contributed by atoms with Gasteiger partial charge in [0.05, 0.1) is 16.7 Å². The Morgan fingerprint density at radius 3 is 2.48 bits per heavy atom. The maximum Gasteiger partial charge on any atom is 0.260 e. The zero-order valence-corrected chi connectivity index (χ0v) is 17.0. The standard InChI is InChI=1S/C20H19BrClN3O2/c21-17-5-6-19(18(22)11-17)27-14-20(26)25-9-7-24(8-10-25)13-16-3-1-15(12-23)2-4-16/h1-6,11H,7-10,13-14H2. The molecule has 0 atom stereocenters. The Morgan fingerprint density at radius 1 is 1.15 bits per heavy atom. The quantitative estimate of drug-likeness (QED) is 0.700. The van der Waals surface area contributed by atoms with Crippen molar-refractivity contribution < 1.29 is 9.53 Å². The van der Waals surface area contributed by atoms with Gasteiger partial charge in [-0.05, 0) is 35.9 Å². The summed E-state index contributed by atoms with van der Waals surface area (Å²) in [4.78, 5) is 16.5. The first kappa shape index (κ1) is 19.7. The van der Waals surface area contributed by atoms with Crippen LogP contribution in [0.25, 0.3) is 0 Å². The van der Waals surface area contributed by atoms with Crippen LogP contribution in [-0.2, 0) is 11.3 Å². The molecule has 0 aromatic heterocycles. The number of hydrogen-bond acceptors (Lipinski definition) is 4. The average molecular weight is 449 g/mol. The number of hydrogen-bond donors (Lipinski definition) is 0. The fraction of sp³-hybridized carbons (Fsp3) is 0.300. The number of benzene rings is 2. The molecule has 7 heteroatoms. The maximum atomic E-state index is 12.4. The number of ether oxygens (including phenoxy) is 1. The van der Waals surface area contributed by atoms with Crippen molar-refractivity contribution in [2.45, 2.75) is 6.54 Å². The second-order valence-corrected chi connectivity index (χ2v) is 7.65. The summed E-state index contributed by atoms with van der Waals surface area (Å²) in [6, 6.07) is 15.1. The molecular weight excluding hydrogens is 430 g/mol. The molecule has 0 aliphatic carbocycles. The Bertz CT molecular complexity index is 843. The summed E-state index contributed by atoms with van der Waals surface area (Å²) in [6.07, 6.45) is 0. The zero-order valence-electron chi connectivity index (χ0n) is 14.7. The Morgan fingerprint density at radius 2 is 1.85 bits per heavy atom. The summed E-state index contributed by atoms with van der Waals surface area (Å²) in [5, 5.41) is 9.33. The molecule has 1 aliphatic heterocycles. The van der Waals surface area contributed by atoms with E-state index in [1.54, 1.807) is 12.1 Å². The Kier molecular flexibility index (Phi) is 6.73. The van der Waals surface area contributed by atoms with Gasteiger partial charge in [0, 0.05) is 37.2 Å². The van der Waals surface area contributed by atoms with Crippen LogP contribution in [0.2, 0.25) is 5.02 Å². The Hall–Kier alpha value is -2.07. The highest BCUT2D eigenvalue weighted by Gasteiger charge is 2.21. The van der Waals surface area contributed by atoms with E-state index in [9.17, 15) is 4.79 Å². The summed E-state index contributed by atoms with van der Waals surface area (Å²) in [5.41, 5.74) is 1.84. The molecule has 140 valence electrons. The van der Waals surface area contributed by atoms with Gasteiger partial charge in [0.2, 0.25) is 0 Å². The van der Waals surface area contributed by atoms with E-state index in [2.05, 4.69) is 26.9 Å². The van der Waals surface area contributed by atoms with Gasteiger partial charge in [-0.1, -0.05) is 39.7 Å². The molecule has 1 amide bonds. The minimum Gasteiger partial charge on any atom is -0.482 e. The topological polar surface area (TPSA) is 56.6 Å². The lowest BCUT2D eigenvalue weighted by atomic mass is 10.1. The van der Waals surface area contributed by atoms with Crippen LogP contribution in [0.1, 0.15) is 11.1 Å². The van der Waals surface area contributed by atoms with Gasteiger partial charge >= 0.3 is 0 Å². The number of nitriles is 1. The largest absolute Gasteiger partial charge is 0.482 e. The Labute approximate surface area is 172 Å². The molecule has 0 N–H and O–H groups in total. The number of carbonyl (C=O) groups excluding carboxylic acids is 1. The van der Waals surface area contributed by atoms with Gasteiger partial charge in [-0.3, -0.25) is 9.69 Å². The monoisotopic (exact) mass is 447 g/mol. The first-order valence-electron chi connectivity index (χ1n) is 8.62. The van der Waals surface area contributed by atoms with Crippen molar-refractivity contribution in [2.75, 3.05) is 32.8 Å². The van der Waals surface area contributed by atoms with Gasteiger partial charge in [0.25, 0.3) is 5.91 Å². The predicted molar refractivity (Wildman–Crippen MR) is 108 cm³/mol. The third-order valence-electron chi connectivity index (χ3n) is 4.46. The van der Waals surface area contributed by atoms with Gasteiger partial charge in [0.1, 0.15) is 5.75 Å². The van der Waals surface area contributed by atoms with E-state index in [0.717, 1.165) is 24.1 Å². The fourth-order valence-electron chi connectivity index (χ4n) is 2.92. The molecule has 1 aliphatic rings. The highest BCUT2D eigenvalue weighted by atomic mass is 79.9.